The largest absolute Gasteiger partial charge is 0.0596 e. The van der Waals surface area contributed by atoms with E-state index in [1.54, 1.807) is 0 Å². The second-order valence-electron chi connectivity index (χ2n) is 6.52. The van der Waals surface area contributed by atoms with Crippen molar-refractivity contribution in [1.82, 2.24) is 0 Å². The van der Waals surface area contributed by atoms with Gasteiger partial charge in [0.2, 0.25) is 0 Å². The Morgan fingerprint density at radius 1 is 1.06 bits per heavy atom. The standard InChI is InChI=1S/C16H24/c1-13-5-7-14(8-6-13)9-10-16(11-12-16)15(2,3)4/h5-8H,9-12H2,1-4H3. The maximum absolute atomic E-state index is 2.40. The molecule has 0 bridgehead atoms. The van der Waals surface area contributed by atoms with Gasteiger partial charge in [0, 0.05) is 0 Å². The van der Waals surface area contributed by atoms with E-state index in [9.17, 15) is 0 Å². The molecule has 1 fully saturated rings. The van der Waals surface area contributed by atoms with Crippen molar-refractivity contribution in [3.63, 3.8) is 0 Å². The van der Waals surface area contributed by atoms with Crippen LogP contribution in [0.4, 0.5) is 0 Å². The summed E-state index contributed by atoms with van der Waals surface area (Å²) in [5.41, 5.74) is 3.98. The maximum atomic E-state index is 2.40. The molecule has 0 N–H and O–H groups in total. The summed E-state index contributed by atoms with van der Waals surface area (Å²) < 4.78 is 0. The molecule has 0 atom stereocenters. The molecule has 0 saturated heterocycles. The molecule has 0 heteroatoms. The van der Waals surface area contributed by atoms with Crippen molar-refractivity contribution in [2.24, 2.45) is 10.8 Å². The summed E-state index contributed by atoms with van der Waals surface area (Å²) in [6.07, 6.45) is 5.47. The molecule has 0 spiro atoms. The van der Waals surface area contributed by atoms with E-state index in [-0.39, 0.29) is 0 Å². The topological polar surface area (TPSA) is 0 Å². The Hall–Kier alpha value is -0.780. The summed E-state index contributed by atoms with van der Waals surface area (Å²) in [7, 11) is 0. The van der Waals surface area contributed by atoms with E-state index < -0.39 is 0 Å². The van der Waals surface area contributed by atoms with Gasteiger partial charge in [-0.25, -0.2) is 0 Å². The smallest absolute Gasteiger partial charge is 0.0245 e. The third-order valence-electron chi connectivity index (χ3n) is 4.46. The second kappa shape index (κ2) is 3.91. The lowest BCUT2D eigenvalue weighted by Gasteiger charge is -2.31. The molecule has 0 aromatic heterocycles. The minimum absolute atomic E-state index is 0.484. The van der Waals surface area contributed by atoms with Crippen LogP contribution in [-0.4, -0.2) is 0 Å². The zero-order valence-corrected chi connectivity index (χ0v) is 11.1. The van der Waals surface area contributed by atoms with E-state index in [0.717, 1.165) is 0 Å². The van der Waals surface area contributed by atoms with Gasteiger partial charge >= 0.3 is 0 Å². The molecule has 1 aliphatic carbocycles. The Kier molecular flexibility index (Phi) is 2.86. The zero-order valence-electron chi connectivity index (χ0n) is 11.1. The van der Waals surface area contributed by atoms with Crippen LogP contribution in [0.15, 0.2) is 24.3 Å². The Bertz CT molecular complexity index is 347. The maximum Gasteiger partial charge on any atom is -0.0245 e. The molecule has 1 aromatic rings. The van der Waals surface area contributed by atoms with Gasteiger partial charge < -0.3 is 0 Å². The second-order valence-corrected chi connectivity index (χ2v) is 6.52. The van der Waals surface area contributed by atoms with Crippen LogP contribution < -0.4 is 0 Å². The summed E-state index contributed by atoms with van der Waals surface area (Å²) in [5.74, 6) is 0. The summed E-state index contributed by atoms with van der Waals surface area (Å²) in [4.78, 5) is 0. The first kappa shape index (κ1) is 11.7. The Morgan fingerprint density at radius 3 is 2.06 bits per heavy atom. The van der Waals surface area contributed by atoms with E-state index in [1.165, 1.54) is 36.8 Å². The molecular weight excluding hydrogens is 192 g/mol. The lowest BCUT2D eigenvalue weighted by Crippen LogP contribution is -2.22. The van der Waals surface area contributed by atoms with Crippen molar-refractivity contribution < 1.29 is 0 Å². The quantitative estimate of drug-likeness (QED) is 0.683. The first-order chi connectivity index (χ1) is 7.43. The molecule has 1 aromatic carbocycles. The van der Waals surface area contributed by atoms with Crippen LogP contribution in [0.2, 0.25) is 0 Å². The third kappa shape index (κ3) is 2.31. The fourth-order valence-corrected chi connectivity index (χ4v) is 2.66. The average Bonchev–Trinajstić information content (AvgIpc) is 2.97. The van der Waals surface area contributed by atoms with Gasteiger partial charge in [-0.2, -0.15) is 0 Å². The molecule has 0 radical (unpaired) electrons. The van der Waals surface area contributed by atoms with E-state index in [0.29, 0.717) is 10.8 Å². The van der Waals surface area contributed by atoms with Crippen molar-refractivity contribution >= 4 is 0 Å². The summed E-state index contributed by atoms with van der Waals surface area (Å²) in [6, 6.07) is 9.03. The Labute approximate surface area is 100 Å². The van der Waals surface area contributed by atoms with Crippen LogP contribution in [0, 0.1) is 17.8 Å². The van der Waals surface area contributed by atoms with Gasteiger partial charge in [0.25, 0.3) is 0 Å². The van der Waals surface area contributed by atoms with Crippen LogP contribution in [0.5, 0.6) is 0 Å². The highest BCUT2D eigenvalue weighted by Crippen LogP contribution is 2.61. The first-order valence-electron chi connectivity index (χ1n) is 6.49. The lowest BCUT2D eigenvalue weighted by molar-refractivity contribution is 0.199. The van der Waals surface area contributed by atoms with Gasteiger partial charge in [0.05, 0.1) is 0 Å². The number of aryl methyl sites for hydroxylation is 2. The van der Waals surface area contributed by atoms with Crippen molar-refractivity contribution in [3.8, 4) is 0 Å². The zero-order chi connectivity index (χ0) is 11.8. The fraction of sp³-hybridized carbons (Fsp3) is 0.625. The average molecular weight is 216 g/mol. The summed E-state index contributed by atoms with van der Waals surface area (Å²) in [6.45, 7) is 9.35. The molecule has 88 valence electrons. The number of hydrogen-bond donors (Lipinski definition) is 0. The van der Waals surface area contributed by atoms with E-state index in [2.05, 4.69) is 52.0 Å². The van der Waals surface area contributed by atoms with Crippen LogP contribution >= 0.6 is 0 Å². The minimum Gasteiger partial charge on any atom is -0.0596 e. The van der Waals surface area contributed by atoms with Crippen LogP contribution in [0.1, 0.15) is 51.2 Å². The van der Waals surface area contributed by atoms with Gasteiger partial charge in [-0.1, -0.05) is 50.6 Å². The molecular formula is C16H24. The fourth-order valence-electron chi connectivity index (χ4n) is 2.66. The minimum atomic E-state index is 0.484. The molecule has 0 aliphatic heterocycles. The highest BCUT2D eigenvalue weighted by atomic mass is 14.6. The number of rotatable bonds is 3. The van der Waals surface area contributed by atoms with Crippen LogP contribution in [0.25, 0.3) is 0 Å². The van der Waals surface area contributed by atoms with Gasteiger partial charge in [-0.15, -0.1) is 0 Å². The van der Waals surface area contributed by atoms with E-state index in [4.69, 9.17) is 0 Å². The van der Waals surface area contributed by atoms with Crippen LogP contribution in [-0.2, 0) is 6.42 Å². The molecule has 1 saturated carbocycles. The molecule has 0 nitrogen and oxygen atoms in total. The number of hydrogen-bond acceptors (Lipinski definition) is 0. The van der Waals surface area contributed by atoms with Crippen molar-refractivity contribution in [1.29, 1.82) is 0 Å². The molecule has 0 heterocycles. The third-order valence-corrected chi connectivity index (χ3v) is 4.46. The predicted molar refractivity (Wildman–Crippen MR) is 70.6 cm³/mol. The first-order valence-corrected chi connectivity index (χ1v) is 6.49. The van der Waals surface area contributed by atoms with Crippen LogP contribution in [0.3, 0.4) is 0 Å². The van der Waals surface area contributed by atoms with Crippen molar-refractivity contribution in [2.75, 3.05) is 0 Å². The predicted octanol–water partition coefficient (Wildman–Crippen LogP) is 4.75. The molecule has 2 rings (SSSR count). The molecule has 0 unspecified atom stereocenters. The SMILES string of the molecule is Cc1ccc(CCC2(C(C)(C)C)CC2)cc1. The van der Waals surface area contributed by atoms with E-state index >= 15 is 0 Å². The number of benzene rings is 1. The highest BCUT2D eigenvalue weighted by Gasteiger charge is 2.50. The van der Waals surface area contributed by atoms with Gasteiger partial charge in [-0.05, 0) is 49.0 Å². The van der Waals surface area contributed by atoms with Gasteiger partial charge in [0.1, 0.15) is 0 Å². The van der Waals surface area contributed by atoms with Crippen molar-refractivity contribution in [2.45, 2.75) is 53.4 Å². The normalized spacial score (nSPS) is 18.5. The molecule has 1 aliphatic rings. The molecule has 0 amide bonds. The monoisotopic (exact) mass is 216 g/mol. The Morgan fingerprint density at radius 2 is 1.62 bits per heavy atom. The molecule has 16 heavy (non-hydrogen) atoms. The lowest BCUT2D eigenvalue weighted by atomic mass is 9.74. The van der Waals surface area contributed by atoms with E-state index in [1.807, 2.05) is 0 Å². The highest BCUT2D eigenvalue weighted by molar-refractivity contribution is 5.22. The van der Waals surface area contributed by atoms with Gasteiger partial charge in [0.15, 0.2) is 0 Å². The summed E-state index contributed by atoms with van der Waals surface area (Å²) in [5, 5.41) is 0. The summed E-state index contributed by atoms with van der Waals surface area (Å²) >= 11 is 0. The van der Waals surface area contributed by atoms with Gasteiger partial charge in [-0.3, -0.25) is 0 Å². The van der Waals surface area contributed by atoms with Crippen molar-refractivity contribution in [3.05, 3.63) is 35.4 Å². The Balaban J connectivity index is 1.96.